The first-order valence-corrected chi connectivity index (χ1v) is 5.18. The fourth-order valence-corrected chi connectivity index (χ4v) is 1.93. The van der Waals surface area contributed by atoms with Gasteiger partial charge in [-0.3, -0.25) is 4.79 Å². The van der Waals surface area contributed by atoms with Crippen molar-refractivity contribution in [3.05, 3.63) is 35.9 Å². The summed E-state index contributed by atoms with van der Waals surface area (Å²) < 4.78 is 0. The number of amides is 1. The lowest BCUT2D eigenvalue weighted by Crippen LogP contribution is -2.37. The van der Waals surface area contributed by atoms with E-state index in [1.165, 1.54) is 5.56 Å². The first-order valence-electron chi connectivity index (χ1n) is 5.18. The van der Waals surface area contributed by atoms with Crippen LogP contribution in [0.2, 0.25) is 0 Å². The Kier molecular flexibility index (Phi) is 2.82. The summed E-state index contributed by atoms with van der Waals surface area (Å²) in [4.78, 5) is 11.5. The highest BCUT2D eigenvalue weighted by atomic mass is 16.1. The second-order valence-corrected chi connectivity index (χ2v) is 3.82. The maximum atomic E-state index is 11.5. The van der Waals surface area contributed by atoms with Crippen LogP contribution in [0.4, 0.5) is 0 Å². The molecule has 1 aromatic carbocycles. The standard InChI is InChI=1S/C12H15NO/c14-12-11(7-4-8-13-12)9-10-5-2-1-3-6-10/h1-3,5-6,11H,4,7-9H2,(H,13,14)/t11-/m0/s1. The molecule has 0 aliphatic carbocycles. The van der Waals surface area contributed by atoms with E-state index in [0.717, 1.165) is 25.8 Å². The molecule has 74 valence electrons. The minimum absolute atomic E-state index is 0.186. The molecule has 0 radical (unpaired) electrons. The molecule has 1 aliphatic heterocycles. The molecule has 2 rings (SSSR count). The summed E-state index contributed by atoms with van der Waals surface area (Å²) in [7, 11) is 0. The molecule has 1 N–H and O–H groups in total. The number of carbonyl (C=O) groups is 1. The monoisotopic (exact) mass is 189 g/mol. The van der Waals surface area contributed by atoms with E-state index >= 15 is 0 Å². The first kappa shape index (κ1) is 9.25. The predicted molar refractivity (Wildman–Crippen MR) is 55.9 cm³/mol. The van der Waals surface area contributed by atoms with E-state index in [2.05, 4.69) is 17.4 Å². The number of piperidine rings is 1. The van der Waals surface area contributed by atoms with Crippen LogP contribution in [0.1, 0.15) is 18.4 Å². The van der Waals surface area contributed by atoms with Crippen LogP contribution in [0.5, 0.6) is 0 Å². The molecular weight excluding hydrogens is 174 g/mol. The van der Waals surface area contributed by atoms with Crippen molar-refractivity contribution in [3.8, 4) is 0 Å². The van der Waals surface area contributed by atoms with E-state index in [0.29, 0.717) is 0 Å². The lowest BCUT2D eigenvalue weighted by atomic mass is 9.92. The quantitative estimate of drug-likeness (QED) is 0.754. The van der Waals surface area contributed by atoms with Crippen molar-refractivity contribution in [3.63, 3.8) is 0 Å². The van der Waals surface area contributed by atoms with Gasteiger partial charge in [-0.25, -0.2) is 0 Å². The summed E-state index contributed by atoms with van der Waals surface area (Å²) in [6, 6.07) is 10.2. The van der Waals surface area contributed by atoms with Gasteiger partial charge in [-0.1, -0.05) is 30.3 Å². The van der Waals surface area contributed by atoms with Crippen LogP contribution in [0, 0.1) is 5.92 Å². The second kappa shape index (κ2) is 4.27. The summed E-state index contributed by atoms with van der Waals surface area (Å²) in [6.45, 7) is 0.851. The van der Waals surface area contributed by atoms with E-state index in [1.54, 1.807) is 0 Å². The summed E-state index contributed by atoms with van der Waals surface area (Å²) in [5.74, 6) is 0.409. The average Bonchev–Trinajstić information content (AvgIpc) is 2.23. The third-order valence-electron chi connectivity index (χ3n) is 2.72. The van der Waals surface area contributed by atoms with Gasteiger partial charge in [0.2, 0.25) is 5.91 Å². The average molecular weight is 189 g/mol. The molecule has 2 heteroatoms. The van der Waals surface area contributed by atoms with E-state index in [4.69, 9.17) is 0 Å². The first-order chi connectivity index (χ1) is 6.86. The Morgan fingerprint density at radius 1 is 1.29 bits per heavy atom. The zero-order valence-electron chi connectivity index (χ0n) is 8.20. The summed E-state index contributed by atoms with van der Waals surface area (Å²) in [5.41, 5.74) is 1.26. The molecule has 1 fully saturated rings. The molecule has 1 aromatic rings. The van der Waals surface area contributed by atoms with E-state index in [9.17, 15) is 4.79 Å². The van der Waals surface area contributed by atoms with Crippen LogP contribution in [0.15, 0.2) is 30.3 Å². The van der Waals surface area contributed by atoms with Crippen molar-refractivity contribution in [2.75, 3.05) is 6.54 Å². The highest BCUT2D eigenvalue weighted by Crippen LogP contribution is 2.16. The molecule has 1 aliphatic rings. The third kappa shape index (κ3) is 2.13. The largest absolute Gasteiger partial charge is 0.356 e. The zero-order chi connectivity index (χ0) is 9.80. The Morgan fingerprint density at radius 2 is 2.07 bits per heavy atom. The van der Waals surface area contributed by atoms with Crippen LogP contribution in [-0.2, 0) is 11.2 Å². The molecule has 0 unspecified atom stereocenters. The van der Waals surface area contributed by atoms with Crippen LogP contribution in [0.25, 0.3) is 0 Å². The van der Waals surface area contributed by atoms with Crippen LogP contribution >= 0.6 is 0 Å². The normalized spacial score (nSPS) is 21.7. The fourth-order valence-electron chi connectivity index (χ4n) is 1.93. The Morgan fingerprint density at radius 3 is 2.79 bits per heavy atom. The molecule has 1 amide bonds. The Bertz CT molecular complexity index is 307. The van der Waals surface area contributed by atoms with Crippen molar-refractivity contribution in [1.82, 2.24) is 5.32 Å². The van der Waals surface area contributed by atoms with E-state index in [1.807, 2.05) is 18.2 Å². The highest BCUT2D eigenvalue weighted by Gasteiger charge is 2.21. The summed E-state index contributed by atoms with van der Waals surface area (Å²) in [5, 5.41) is 2.91. The van der Waals surface area contributed by atoms with Crippen LogP contribution in [-0.4, -0.2) is 12.5 Å². The minimum atomic E-state index is 0.186. The number of carbonyl (C=O) groups excluding carboxylic acids is 1. The van der Waals surface area contributed by atoms with Crippen molar-refractivity contribution >= 4 is 5.91 Å². The van der Waals surface area contributed by atoms with Gasteiger partial charge in [0, 0.05) is 12.5 Å². The van der Waals surface area contributed by atoms with E-state index < -0.39 is 0 Å². The van der Waals surface area contributed by atoms with Crippen molar-refractivity contribution in [2.24, 2.45) is 5.92 Å². The van der Waals surface area contributed by atoms with Gasteiger partial charge in [0.15, 0.2) is 0 Å². The highest BCUT2D eigenvalue weighted by molar-refractivity contribution is 5.79. The molecule has 0 bridgehead atoms. The maximum absolute atomic E-state index is 11.5. The molecule has 2 nitrogen and oxygen atoms in total. The van der Waals surface area contributed by atoms with Gasteiger partial charge in [-0.2, -0.15) is 0 Å². The predicted octanol–water partition coefficient (Wildman–Crippen LogP) is 1.76. The van der Waals surface area contributed by atoms with Gasteiger partial charge in [0.25, 0.3) is 0 Å². The Balaban J connectivity index is 2.00. The number of rotatable bonds is 2. The molecule has 0 saturated carbocycles. The number of hydrogen-bond acceptors (Lipinski definition) is 1. The number of benzene rings is 1. The minimum Gasteiger partial charge on any atom is -0.356 e. The smallest absolute Gasteiger partial charge is 0.223 e. The van der Waals surface area contributed by atoms with Gasteiger partial charge in [0.1, 0.15) is 0 Å². The SMILES string of the molecule is O=C1NCCC[C@H]1Cc1ccccc1. The molecule has 1 heterocycles. The molecule has 14 heavy (non-hydrogen) atoms. The maximum Gasteiger partial charge on any atom is 0.223 e. The lowest BCUT2D eigenvalue weighted by molar-refractivity contribution is -0.126. The lowest BCUT2D eigenvalue weighted by Gasteiger charge is -2.21. The summed E-state index contributed by atoms with van der Waals surface area (Å²) >= 11 is 0. The van der Waals surface area contributed by atoms with Gasteiger partial charge < -0.3 is 5.32 Å². The molecule has 0 aromatic heterocycles. The molecule has 1 saturated heterocycles. The number of nitrogens with one attached hydrogen (secondary N) is 1. The van der Waals surface area contributed by atoms with Gasteiger partial charge in [-0.05, 0) is 24.8 Å². The molecule has 0 spiro atoms. The van der Waals surface area contributed by atoms with Gasteiger partial charge >= 0.3 is 0 Å². The number of hydrogen-bond donors (Lipinski definition) is 1. The van der Waals surface area contributed by atoms with Gasteiger partial charge in [0.05, 0.1) is 0 Å². The van der Waals surface area contributed by atoms with Crippen LogP contribution < -0.4 is 5.32 Å². The van der Waals surface area contributed by atoms with Crippen molar-refractivity contribution in [2.45, 2.75) is 19.3 Å². The van der Waals surface area contributed by atoms with Gasteiger partial charge in [-0.15, -0.1) is 0 Å². The fraction of sp³-hybridized carbons (Fsp3) is 0.417. The van der Waals surface area contributed by atoms with Crippen LogP contribution in [0.3, 0.4) is 0 Å². The third-order valence-corrected chi connectivity index (χ3v) is 2.72. The van der Waals surface area contributed by atoms with Crippen molar-refractivity contribution in [1.29, 1.82) is 0 Å². The second-order valence-electron chi connectivity index (χ2n) is 3.82. The van der Waals surface area contributed by atoms with Crippen molar-refractivity contribution < 1.29 is 4.79 Å². The molecule has 1 atom stereocenters. The van der Waals surface area contributed by atoms with E-state index in [-0.39, 0.29) is 11.8 Å². The Labute approximate surface area is 84.3 Å². The topological polar surface area (TPSA) is 29.1 Å². The zero-order valence-corrected chi connectivity index (χ0v) is 8.20. The molecular formula is C12H15NO. The summed E-state index contributed by atoms with van der Waals surface area (Å²) in [6.07, 6.45) is 3.02. The Hall–Kier alpha value is -1.31.